The average molecular weight is 416 g/mol. The van der Waals surface area contributed by atoms with Gasteiger partial charge in [0.2, 0.25) is 10.0 Å². The highest BCUT2D eigenvalue weighted by atomic mass is 32.2. The molecule has 6 nitrogen and oxygen atoms in total. The zero-order valence-electron chi connectivity index (χ0n) is 17.1. The predicted molar refractivity (Wildman–Crippen MR) is 118 cm³/mol. The molecule has 0 aromatic heterocycles. The second-order valence-corrected chi connectivity index (χ2v) is 9.60. The largest absolute Gasteiger partial charge is 0.372 e. The van der Waals surface area contributed by atoms with Crippen LogP contribution < -0.4 is 14.5 Å². The van der Waals surface area contributed by atoms with Gasteiger partial charge in [-0.3, -0.25) is 9.10 Å². The van der Waals surface area contributed by atoms with Gasteiger partial charge in [-0.1, -0.05) is 12.1 Å². The van der Waals surface area contributed by atoms with Gasteiger partial charge in [0.1, 0.15) is 0 Å². The summed E-state index contributed by atoms with van der Waals surface area (Å²) in [7, 11) is -1.80. The molecule has 1 aliphatic heterocycles. The Morgan fingerprint density at radius 1 is 1.00 bits per heavy atom. The molecule has 1 fully saturated rings. The highest BCUT2D eigenvalue weighted by molar-refractivity contribution is 7.92. The van der Waals surface area contributed by atoms with E-state index in [0.717, 1.165) is 18.7 Å². The van der Waals surface area contributed by atoms with Crippen molar-refractivity contribution in [2.75, 3.05) is 35.1 Å². The number of nitrogens with zero attached hydrogens (tertiary/aromatic N) is 2. The summed E-state index contributed by atoms with van der Waals surface area (Å²) in [5, 5.41) is 2.92. The highest BCUT2D eigenvalue weighted by Crippen LogP contribution is 2.20. The number of amides is 1. The smallest absolute Gasteiger partial charge is 0.251 e. The van der Waals surface area contributed by atoms with E-state index in [2.05, 4.69) is 34.5 Å². The number of hydrogen-bond donors (Lipinski definition) is 1. The maximum Gasteiger partial charge on any atom is 0.251 e. The monoisotopic (exact) mass is 415 g/mol. The number of anilines is 2. The quantitative estimate of drug-likeness (QED) is 0.753. The van der Waals surface area contributed by atoms with Crippen molar-refractivity contribution in [3.05, 3.63) is 59.7 Å². The zero-order chi connectivity index (χ0) is 20.9. The van der Waals surface area contributed by atoms with Crippen LogP contribution in [0.25, 0.3) is 0 Å². The second kappa shape index (κ2) is 9.31. The first-order valence-corrected chi connectivity index (χ1v) is 11.7. The Kier molecular flexibility index (Phi) is 6.79. The van der Waals surface area contributed by atoms with E-state index < -0.39 is 10.0 Å². The van der Waals surface area contributed by atoms with Crippen LogP contribution in [0.3, 0.4) is 0 Å². The molecule has 29 heavy (non-hydrogen) atoms. The topological polar surface area (TPSA) is 69.7 Å². The fourth-order valence-corrected chi connectivity index (χ4v) is 4.27. The van der Waals surface area contributed by atoms with Crippen molar-refractivity contribution in [1.82, 2.24) is 5.32 Å². The molecule has 3 rings (SSSR count). The van der Waals surface area contributed by atoms with Crippen LogP contribution in [0.1, 0.15) is 42.1 Å². The van der Waals surface area contributed by atoms with Crippen LogP contribution >= 0.6 is 0 Å². The number of benzene rings is 2. The molecule has 156 valence electrons. The van der Waals surface area contributed by atoms with Crippen molar-refractivity contribution in [1.29, 1.82) is 0 Å². The molecule has 1 saturated heterocycles. The van der Waals surface area contributed by atoms with E-state index in [1.807, 2.05) is 0 Å². The minimum Gasteiger partial charge on any atom is -0.372 e. The van der Waals surface area contributed by atoms with Gasteiger partial charge >= 0.3 is 0 Å². The summed E-state index contributed by atoms with van der Waals surface area (Å²) >= 11 is 0. The van der Waals surface area contributed by atoms with Gasteiger partial charge in [-0.15, -0.1) is 0 Å². The summed E-state index contributed by atoms with van der Waals surface area (Å²) in [4.78, 5) is 14.8. The fraction of sp³-hybridized carbons (Fsp3) is 0.409. The van der Waals surface area contributed by atoms with Gasteiger partial charge in [-0.2, -0.15) is 0 Å². The van der Waals surface area contributed by atoms with Crippen molar-refractivity contribution in [2.24, 2.45) is 0 Å². The van der Waals surface area contributed by atoms with Crippen LogP contribution in [0.5, 0.6) is 0 Å². The lowest BCUT2D eigenvalue weighted by atomic mass is 10.1. The van der Waals surface area contributed by atoms with Gasteiger partial charge in [-0.25, -0.2) is 8.42 Å². The number of sulfonamides is 1. The van der Waals surface area contributed by atoms with Crippen molar-refractivity contribution in [3.63, 3.8) is 0 Å². The first-order chi connectivity index (χ1) is 13.9. The lowest BCUT2D eigenvalue weighted by Gasteiger charge is -2.28. The number of hydrogen-bond acceptors (Lipinski definition) is 4. The Morgan fingerprint density at radius 2 is 1.62 bits per heavy atom. The zero-order valence-corrected chi connectivity index (χ0v) is 17.9. The summed E-state index contributed by atoms with van der Waals surface area (Å²) in [6, 6.07) is 14.9. The lowest BCUT2D eigenvalue weighted by Crippen LogP contribution is -2.29. The maximum atomic E-state index is 12.4. The van der Waals surface area contributed by atoms with Gasteiger partial charge in [-0.05, 0) is 68.1 Å². The molecule has 1 aliphatic rings. The van der Waals surface area contributed by atoms with Gasteiger partial charge in [0.05, 0.1) is 11.4 Å². The Hall–Kier alpha value is -2.54. The summed E-state index contributed by atoms with van der Waals surface area (Å²) in [5.74, 6) is -0.153. The summed E-state index contributed by atoms with van der Waals surface area (Å²) in [6.07, 6.45) is 3.81. The Balaban J connectivity index is 1.56. The first kappa shape index (κ1) is 21.2. The molecule has 0 saturated carbocycles. The minimum absolute atomic E-state index is 0.0300. The molecular weight excluding hydrogens is 386 g/mol. The second-order valence-electron chi connectivity index (χ2n) is 7.31. The molecule has 1 heterocycles. The third-order valence-corrected chi connectivity index (χ3v) is 7.16. The van der Waals surface area contributed by atoms with E-state index in [-0.39, 0.29) is 11.7 Å². The van der Waals surface area contributed by atoms with Crippen molar-refractivity contribution >= 4 is 27.3 Å². The van der Waals surface area contributed by atoms with E-state index in [1.54, 1.807) is 31.2 Å². The number of carbonyl (C=O) groups excluding carboxylic acids is 1. The number of rotatable bonds is 7. The standard InChI is InChI=1S/C22H29N3O3S/c1-3-29(27,28)24(2)20-13-9-19(10-14-20)22(26)23-17-18-7-11-21(12-8-18)25-15-5-4-6-16-25/h7-14H,3-6,15-17H2,1-2H3,(H,23,26). The van der Waals surface area contributed by atoms with Crippen LogP contribution in [-0.2, 0) is 16.6 Å². The third kappa shape index (κ3) is 5.29. The molecule has 0 bridgehead atoms. The first-order valence-electron chi connectivity index (χ1n) is 10.1. The van der Waals surface area contributed by atoms with Crippen LogP contribution in [0.15, 0.2) is 48.5 Å². The maximum absolute atomic E-state index is 12.4. The van der Waals surface area contributed by atoms with Crippen molar-refractivity contribution in [2.45, 2.75) is 32.7 Å². The summed E-state index contributed by atoms with van der Waals surface area (Å²) in [5.41, 5.74) is 3.32. The predicted octanol–water partition coefficient (Wildman–Crippen LogP) is 3.39. The van der Waals surface area contributed by atoms with Crippen LogP contribution in [0.4, 0.5) is 11.4 Å². The van der Waals surface area contributed by atoms with E-state index in [9.17, 15) is 13.2 Å². The summed E-state index contributed by atoms with van der Waals surface area (Å²) < 4.78 is 25.1. The van der Waals surface area contributed by atoms with Crippen LogP contribution in [-0.4, -0.2) is 40.2 Å². The van der Waals surface area contributed by atoms with Crippen LogP contribution in [0.2, 0.25) is 0 Å². The SMILES string of the molecule is CCS(=O)(=O)N(C)c1ccc(C(=O)NCc2ccc(N3CCCCC3)cc2)cc1. The normalized spacial score (nSPS) is 14.5. The van der Waals surface area contributed by atoms with Gasteiger partial charge in [0.25, 0.3) is 5.91 Å². The molecule has 1 amide bonds. The van der Waals surface area contributed by atoms with Crippen molar-refractivity contribution in [3.8, 4) is 0 Å². The molecule has 2 aromatic carbocycles. The molecule has 0 radical (unpaired) electrons. The van der Waals surface area contributed by atoms with E-state index >= 15 is 0 Å². The van der Waals surface area contributed by atoms with Crippen LogP contribution in [0, 0.1) is 0 Å². The molecule has 0 spiro atoms. The van der Waals surface area contributed by atoms with Gasteiger partial charge < -0.3 is 10.2 Å². The lowest BCUT2D eigenvalue weighted by molar-refractivity contribution is 0.0951. The van der Waals surface area contributed by atoms with E-state index in [0.29, 0.717) is 17.8 Å². The number of carbonyl (C=O) groups is 1. The van der Waals surface area contributed by atoms with E-state index in [1.165, 1.54) is 36.3 Å². The van der Waals surface area contributed by atoms with E-state index in [4.69, 9.17) is 0 Å². The minimum atomic E-state index is -3.31. The Bertz CT molecular complexity index is 919. The van der Waals surface area contributed by atoms with Crippen molar-refractivity contribution < 1.29 is 13.2 Å². The molecule has 2 aromatic rings. The average Bonchev–Trinajstić information content (AvgIpc) is 2.78. The molecule has 7 heteroatoms. The third-order valence-electron chi connectivity index (χ3n) is 5.39. The van der Waals surface area contributed by atoms with Gasteiger partial charge in [0.15, 0.2) is 0 Å². The number of piperidine rings is 1. The molecule has 0 atom stereocenters. The fourth-order valence-electron chi connectivity index (χ4n) is 3.44. The van der Waals surface area contributed by atoms with Gasteiger partial charge in [0, 0.05) is 37.9 Å². The Labute approximate surface area is 173 Å². The molecule has 0 aliphatic carbocycles. The Morgan fingerprint density at radius 3 is 2.21 bits per heavy atom. The molecular formula is C22H29N3O3S. The molecule has 0 unspecified atom stereocenters. The highest BCUT2D eigenvalue weighted by Gasteiger charge is 2.16. The molecule has 1 N–H and O–H groups in total. The summed E-state index contributed by atoms with van der Waals surface area (Å²) in [6.45, 7) is 4.28. The number of nitrogens with one attached hydrogen (secondary N) is 1.